The lowest BCUT2D eigenvalue weighted by Crippen LogP contribution is -2.20. The highest BCUT2D eigenvalue weighted by molar-refractivity contribution is 5.45. The molecule has 3 nitrogen and oxygen atoms in total. The van der Waals surface area contributed by atoms with Crippen molar-refractivity contribution < 1.29 is 9.47 Å². The van der Waals surface area contributed by atoms with Gasteiger partial charge in [0.05, 0.1) is 6.61 Å². The Hall–Kier alpha value is -2.00. The summed E-state index contributed by atoms with van der Waals surface area (Å²) < 4.78 is 11.4. The van der Waals surface area contributed by atoms with Gasteiger partial charge < -0.3 is 15.2 Å². The molecule has 1 unspecified atom stereocenters. The van der Waals surface area contributed by atoms with Crippen LogP contribution in [0.2, 0.25) is 0 Å². The van der Waals surface area contributed by atoms with Gasteiger partial charge in [-0.25, -0.2) is 0 Å². The van der Waals surface area contributed by atoms with Gasteiger partial charge in [-0.2, -0.15) is 0 Å². The van der Waals surface area contributed by atoms with Gasteiger partial charge in [-0.05, 0) is 25.1 Å². The van der Waals surface area contributed by atoms with Gasteiger partial charge in [0.25, 0.3) is 0 Å². The van der Waals surface area contributed by atoms with Crippen molar-refractivity contribution in [3.05, 3.63) is 53.6 Å². The van der Waals surface area contributed by atoms with E-state index in [1.165, 1.54) is 5.56 Å². The van der Waals surface area contributed by atoms with E-state index >= 15 is 0 Å². The van der Waals surface area contributed by atoms with Gasteiger partial charge in [0.15, 0.2) is 0 Å². The van der Waals surface area contributed by atoms with Crippen molar-refractivity contribution in [1.82, 2.24) is 0 Å². The fourth-order valence-electron chi connectivity index (χ4n) is 2.20. The molecule has 0 saturated heterocycles. The first kappa shape index (κ1) is 12.1. The molecule has 3 heteroatoms. The second kappa shape index (κ2) is 4.94. The van der Waals surface area contributed by atoms with Crippen LogP contribution in [0.4, 0.5) is 0 Å². The van der Waals surface area contributed by atoms with Crippen molar-refractivity contribution in [1.29, 1.82) is 0 Å². The molecule has 0 amide bonds. The summed E-state index contributed by atoms with van der Waals surface area (Å²) in [5, 5.41) is 0. The molecule has 0 spiro atoms. The summed E-state index contributed by atoms with van der Waals surface area (Å²) in [7, 11) is 0. The monoisotopic (exact) mass is 255 g/mol. The van der Waals surface area contributed by atoms with Gasteiger partial charge in [0.1, 0.15) is 17.2 Å². The first-order valence-electron chi connectivity index (χ1n) is 6.49. The topological polar surface area (TPSA) is 44.5 Å². The maximum Gasteiger partial charge on any atom is 0.131 e. The van der Waals surface area contributed by atoms with E-state index in [0.29, 0.717) is 6.61 Å². The van der Waals surface area contributed by atoms with E-state index in [1.54, 1.807) is 0 Å². The third-order valence-corrected chi connectivity index (χ3v) is 3.33. The highest BCUT2D eigenvalue weighted by atomic mass is 16.5. The van der Waals surface area contributed by atoms with E-state index in [4.69, 9.17) is 15.2 Å². The summed E-state index contributed by atoms with van der Waals surface area (Å²) in [4.78, 5) is 0. The lowest BCUT2D eigenvalue weighted by Gasteiger charge is -2.23. The van der Waals surface area contributed by atoms with Crippen LogP contribution in [-0.4, -0.2) is 6.61 Å². The summed E-state index contributed by atoms with van der Waals surface area (Å²) in [6.07, 6.45) is 0.866. The van der Waals surface area contributed by atoms with Crippen LogP contribution in [0.15, 0.2) is 42.5 Å². The van der Waals surface area contributed by atoms with Crippen molar-refractivity contribution in [3.63, 3.8) is 0 Å². The molecule has 98 valence electrons. The van der Waals surface area contributed by atoms with Crippen molar-refractivity contribution in [2.24, 2.45) is 5.73 Å². The van der Waals surface area contributed by atoms with Gasteiger partial charge in [-0.15, -0.1) is 0 Å². The number of hydrogen-bond donors (Lipinski definition) is 1. The molecule has 3 rings (SSSR count). The smallest absolute Gasteiger partial charge is 0.131 e. The summed E-state index contributed by atoms with van der Waals surface area (Å²) in [5.41, 5.74) is 8.32. The van der Waals surface area contributed by atoms with Crippen LogP contribution in [0.1, 0.15) is 23.6 Å². The molecule has 1 atom stereocenters. The van der Waals surface area contributed by atoms with Crippen LogP contribution < -0.4 is 15.2 Å². The maximum atomic E-state index is 6.04. The Bertz CT molecular complexity index is 578. The van der Waals surface area contributed by atoms with Crippen LogP contribution >= 0.6 is 0 Å². The molecule has 19 heavy (non-hydrogen) atoms. The zero-order valence-corrected chi connectivity index (χ0v) is 10.9. The number of benzene rings is 2. The highest BCUT2D eigenvalue weighted by Gasteiger charge is 2.18. The lowest BCUT2D eigenvalue weighted by molar-refractivity contribution is 0.268. The predicted molar refractivity (Wildman–Crippen MR) is 74.7 cm³/mol. The number of hydrogen-bond acceptors (Lipinski definition) is 3. The van der Waals surface area contributed by atoms with E-state index in [9.17, 15) is 0 Å². The number of fused-ring (bicyclic) bond motifs is 1. The Balaban J connectivity index is 1.84. The highest BCUT2D eigenvalue weighted by Crippen LogP contribution is 2.34. The number of nitrogens with two attached hydrogens (primary N) is 1. The summed E-state index contributed by atoms with van der Waals surface area (Å²) in [6, 6.07) is 13.9. The molecule has 0 aromatic heterocycles. The molecule has 1 aliphatic rings. The normalized spacial score (nSPS) is 17.5. The van der Waals surface area contributed by atoms with Crippen LogP contribution in [0.3, 0.4) is 0 Å². The molecule has 2 aromatic carbocycles. The molecule has 0 saturated carbocycles. The van der Waals surface area contributed by atoms with Gasteiger partial charge in [-0.1, -0.05) is 23.8 Å². The number of aryl methyl sites for hydroxylation is 1. The summed E-state index contributed by atoms with van der Waals surface area (Å²) in [6.45, 7) is 2.72. The fourth-order valence-corrected chi connectivity index (χ4v) is 2.20. The summed E-state index contributed by atoms with van der Waals surface area (Å²) in [5.74, 6) is 2.44. The molecule has 0 bridgehead atoms. The Labute approximate surface area is 113 Å². The Morgan fingerprint density at radius 3 is 2.63 bits per heavy atom. The van der Waals surface area contributed by atoms with Crippen LogP contribution in [-0.2, 0) is 0 Å². The van der Waals surface area contributed by atoms with E-state index in [0.717, 1.165) is 29.2 Å². The zero-order valence-electron chi connectivity index (χ0n) is 10.9. The Kier molecular flexibility index (Phi) is 3.13. The minimum absolute atomic E-state index is 0.0668. The van der Waals surface area contributed by atoms with Crippen LogP contribution in [0.25, 0.3) is 0 Å². The standard InChI is InChI=1S/C16H17NO2/c1-11-2-4-12(5-3-11)19-13-6-7-14-15(17)8-9-18-16(14)10-13/h2-7,10,15H,8-9,17H2,1H3. The zero-order chi connectivity index (χ0) is 13.2. The third kappa shape index (κ3) is 2.56. The molecule has 1 aliphatic heterocycles. The molecule has 0 aliphatic carbocycles. The second-order valence-corrected chi connectivity index (χ2v) is 4.86. The van der Waals surface area contributed by atoms with E-state index in [-0.39, 0.29) is 6.04 Å². The Morgan fingerprint density at radius 2 is 1.84 bits per heavy atom. The largest absolute Gasteiger partial charge is 0.493 e. The summed E-state index contributed by atoms with van der Waals surface area (Å²) >= 11 is 0. The number of ether oxygens (including phenoxy) is 2. The first-order valence-corrected chi connectivity index (χ1v) is 6.49. The van der Waals surface area contributed by atoms with E-state index < -0.39 is 0 Å². The maximum absolute atomic E-state index is 6.04. The van der Waals surface area contributed by atoms with Crippen LogP contribution in [0, 0.1) is 6.92 Å². The third-order valence-electron chi connectivity index (χ3n) is 3.33. The van der Waals surface area contributed by atoms with Gasteiger partial charge in [0, 0.05) is 24.1 Å². The van der Waals surface area contributed by atoms with Crippen molar-refractivity contribution in [3.8, 4) is 17.2 Å². The molecular formula is C16H17NO2. The van der Waals surface area contributed by atoms with Crippen molar-refractivity contribution in [2.75, 3.05) is 6.61 Å². The van der Waals surface area contributed by atoms with Crippen molar-refractivity contribution in [2.45, 2.75) is 19.4 Å². The predicted octanol–water partition coefficient (Wildman–Crippen LogP) is 3.57. The fraction of sp³-hybridized carbons (Fsp3) is 0.250. The first-order chi connectivity index (χ1) is 9.22. The lowest BCUT2D eigenvalue weighted by atomic mass is 10.0. The van der Waals surface area contributed by atoms with Crippen LogP contribution in [0.5, 0.6) is 17.2 Å². The van der Waals surface area contributed by atoms with Gasteiger partial charge in [-0.3, -0.25) is 0 Å². The molecule has 1 heterocycles. The molecule has 2 N–H and O–H groups in total. The average molecular weight is 255 g/mol. The van der Waals surface area contributed by atoms with E-state index in [2.05, 4.69) is 6.92 Å². The quantitative estimate of drug-likeness (QED) is 0.892. The molecule has 2 aromatic rings. The minimum atomic E-state index is 0.0668. The van der Waals surface area contributed by atoms with Crippen molar-refractivity contribution >= 4 is 0 Å². The molecule has 0 radical (unpaired) electrons. The average Bonchev–Trinajstić information content (AvgIpc) is 2.42. The minimum Gasteiger partial charge on any atom is -0.493 e. The molecular weight excluding hydrogens is 238 g/mol. The second-order valence-electron chi connectivity index (χ2n) is 4.86. The SMILES string of the molecule is Cc1ccc(Oc2ccc3c(c2)OCCC3N)cc1. The number of rotatable bonds is 2. The van der Waals surface area contributed by atoms with Gasteiger partial charge in [0.2, 0.25) is 0 Å². The Morgan fingerprint density at radius 1 is 1.11 bits per heavy atom. The molecule has 0 fully saturated rings. The van der Waals surface area contributed by atoms with Gasteiger partial charge >= 0.3 is 0 Å². The van der Waals surface area contributed by atoms with E-state index in [1.807, 2.05) is 42.5 Å².